The fourth-order valence-electron chi connectivity index (χ4n) is 3.49. The normalized spacial score (nSPS) is 17.1. The Balaban J connectivity index is 1.44. The van der Waals surface area contributed by atoms with Crippen molar-refractivity contribution in [1.29, 1.82) is 0 Å². The molecule has 1 aliphatic heterocycles. The molecule has 1 saturated heterocycles. The van der Waals surface area contributed by atoms with E-state index < -0.39 is 0 Å². The Labute approximate surface area is 166 Å². The molecule has 0 aromatic carbocycles. The third-order valence-corrected chi connectivity index (χ3v) is 5.11. The van der Waals surface area contributed by atoms with E-state index in [0.29, 0.717) is 44.3 Å². The first kappa shape index (κ1) is 20.1. The Morgan fingerprint density at radius 1 is 1.11 bits per heavy atom. The summed E-state index contributed by atoms with van der Waals surface area (Å²) in [5.41, 5.74) is 1.97. The average Bonchev–Trinajstić information content (AvgIpc) is 2.75. The number of allylic oxidation sites excluding steroid dienone is 1. The molecule has 0 unspecified atom stereocenters. The minimum atomic E-state index is -0.322. The van der Waals surface area contributed by atoms with Crippen molar-refractivity contribution in [3.05, 3.63) is 29.6 Å². The molecule has 0 radical (unpaired) electrons. The molecule has 1 aromatic heterocycles. The molecule has 8 nitrogen and oxygen atoms in total. The highest BCUT2D eigenvalue weighted by atomic mass is 16.6. The van der Waals surface area contributed by atoms with Gasteiger partial charge in [0.2, 0.25) is 5.95 Å². The van der Waals surface area contributed by atoms with Gasteiger partial charge in [0.05, 0.1) is 12.2 Å². The molecular formula is C20H29N5O3. The van der Waals surface area contributed by atoms with Crippen LogP contribution in [-0.4, -0.2) is 71.1 Å². The number of rotatable bonds is 6. The van der Waals surface area contributed by atoms with Crippen LogP contribution in [0.1, 0.15) is 49.4 Å². The van der Waals surface area contributed by atoms with Crippen molar-refractivity contribution in [2.45, 2.75) is 39.0 Å². The van der Waals surface area contributed by atoms with Gasteiger partial charge in [-0.2, -0.15) is 0 Å². The van der Waals surface area contributed by atoms with Gasteiger partial charge < -0.3 is 19.9 Å². The zero-order valence-electron chi connectivity index (χ0n) is 16.5. The zero-order chi connectivity index (χ0) is 19.8. The number of piperazine rings is 1. The lowest BCUT2D eigenvalue weighted by atomic mass is 9.97. The van der Waals surface area contributed by atoms with Gasteiger partial charge in [0.1, 0.15) is 0 Å². The SMILES string of the molecule is CCOC(=O)N1CCN(C(=O)c2cnc(NCCC3=CCCCC3)nc2)CC1. The van der Waals surface area contributed by atoms with Gasteiger partial charge in [-0.3, -0.25) is 4.79 Å². The molecule has 8 heteroatoms. The van der Waals surface area contributed by atoms with Crippen molar-refractivity contribution in [2.75, 3.05) is 44.6 Å². The van der Waals surface area contributed by atoms with Crippen molar-refractivity contribution >= 4 is 17.9 Å². The Morgan fingerprint density at radius 3 is 2.46 bits per heavy atom. The maximum Gasteiger partial charge on any atom is 0.409 e. The summed E-state index contributed by atoms with van der Waals surface area (Å²) in [7, 11) is 0. The first-order valence-corrected chi connectivity index (χ1v) is 10.1. The Hall–Kier alpha value is -2.64. The summed E-state index contributed by atoms with van der Waals surface area (Å²) in [4.78, 5) is 36.2. The lowest BCUT2D eigenvalue weighted by Crippen LogP contribution is -2.50. The summed E-state index contributed by atoms with van der Waals surface area (Å²) in [5, 5.41) is 3.22. The lowest BCUT2D eigenvalue weighted by molar-refractivity contribution is 0.0570. The Bertz CT molecular complexity index is 696. The van der Waals surface area contributed by atoms with Crippen LogP contribution in [-0.2, 0) is 4.74 Å². The van der Waals surface area contributed by atoms with Crippen molar-refractivity contribution in [2.24, 2.45) is 0 Å². The Morgan fingerprint density at radius 2 is 1.82 bits per heavy atom. The number of nitrogens with one attached hydrogen (secondary N) is 1. The van der Waals surface area contributed by atoms with E-state index in [-0.39, 0.29) is 12.0 Å². The van der Waals surface area contributed by atoms with Crippen LogP contribution in [0.3, 0.4) is 0 Å². The highest BCUT2D eigenvalue weighted by Gasteiger charge is 2.25. The number of anilines is 1. The van der Waals surface area contributed by atoms with Crippen LogP contribution in [0.4, 0.5) is 10.7 Å². The third kappa shape index (κ3) is 5.43. The van der Waals surface area contributed by atoms with Crippen molar-refractivity contribution < 1.29 is 14.3 Å². The molecule has 1 N–H and O–H groups in total. The first-order chi connectivity index (χ1) is 13.7. The lowest BCUT2D eigenvalue weighted by Gasteiger charge is -2.33. The summed E-state index contributed by atoms with van der Waals surface area (Å²) in [6.07, 6.45) is 11.1. The summed E-state index contributed by atoms with van der Waals surface area (Å²) < 4.78 is 5.00. The van der Waals surface area contributed by atoms with Gasteiger partial charge in [-0.15, -0.1) is 0 Å². The van der Waals surface area contributed by atoms with Crippen LogP contribution in [0.15, 0.2) is 24.0 Å². The number of amides is 2. The Kier molecular flexibility index (Phi) is 7.22. The van der Waals surface area contributed by atoms with Crippen LogP contribution in [0.5, 0.6) is 0 Å². The third-order valence-electron chi connectivity index (χ3n) is 5.11. The van der Waals surface area contributed by atoms with Crippen molar-refractivity contribution in [3.63, 3.8) is 0 Å². The van der Waals surface area contributed by atoms with Crippen LogP contribution < -0.4 is 5.32 Å². The second kappa shape index (κ2) is 10.1. The van der Waals surface area contributed by atoms with E-state index in [0.717, 1.165) is 13.0 Å². The van der Waals surface area contributed by atoms with Crippen molar-refractivity contribution in [1.82, 2.24) is 19.8 Å². The molecule has 0 atom stereocenters. The molecule has 152 valence electrons. The number of ether oxygens (including phenoxy) is 1. The van der Waals surface area contributed by atoms with Gasteiger partial charge >= 0.3 is 6.09 Å². The maximum atomic E-state index is 12.6. The molecular weight excluding hydrogens is 358 g/mol. The molecule has 2 aliphatic rings. The number of aromatic nitrogens is 2. The van der Waals surface area contributed by atoms with E-state index >= 15 is 0 Å². The molecule has 1 aromatic rings. The van der Waals surface area contributed by atoms with E-state index in [1.807, 2.05) is 0 Å². The molecule has 1 aliphatic carbocycles. The number of hydrogen-bond acceptors (Lipinski definition) is 6. The smallest absolute Gasteiger partial charge is 0.409 e. The first-order valence-electron chi connectivity index (χ1n) is 10.1. The number of hydrogen-bond donors (Lipinski definition) is 1. The van der Waals surface area contributed by atoms with E-state index in [1.165, 1.54) is 31.3 Å². The minimum absolute atomic E-state index is 0.109. The second-order valence-electron chi connectivity index (χ2n) is 7.06. The quantitative estimate of drug-likeness (QED) is 0.755. The van der Waals surface area contributed by atoms with E-state index in [2.05, 4.69) is 21.4 Å². The average molecular weight is 387 g/mol. The zero-order valence-corrected chi connectivity index (χ0v) is 16.5. The summed E-state index contributed by atoms with van der Waals surface area (Å²) >= 11 is 0. The van der Waals surface area contributed by atoms with Crippen LogP contribution >= 0.6 is 0 Å². The highest BCUT2D eigenvalue weighted by molar-refractivity contribution is 5.93. The topological polar surface area (TPSA) is 87.7 Å². The number of carbonyl (C=O) groups excluding carboxylic acids is 2. The number of carbonyl (C=O) groups is 2. The van der Waals surface area contributed by atoms with E-state index in [4.69, 9.17) is 4.74 Å². The standard InChI is InChI=1S/C20H29N5O3/c1-2-28-20(27)25-12-10-24(11-13-25)18(26)17-14-22-19(23-15-17)21-9-8-16-6-4-3-5-7-16/h6,14-15H,2-5,7-13H2,1H3,(H,21,22,23). The monoisotopic (exact) mass is 387 g/mol. The fraction of sp³-hybridized carbons (Fsp3) is 0.600. The predicted molar refractivity (Wildman–Crippen MR) is 106 cm³/mol. The van der Waals surface area contributed by atoms with Gasteiger partial charge in [0.15, 0.2) is 0 Å². The molecule has 0 bridgehead atoms. The largest absolute Gasteiger partial charge is 0.450 e. The van der Waals surface area contributed by atoms with Crippen LogP contribution in [0, 0.1) is 0 Å². The summed E-state index contributed by atoms with van der Waals surface area (Å²) in [6.45, 7) is 4.84. The molecule has 2 amide bonds. The van der Waals surface area contributed by atoms with Gasteiger partial charge in [-0.05, 0) is 39.0 Å². The molecule has 28 heavy (non-hydrogen) atoms. The molecule has 2 heterocycles. The van der Waals surface area contributed by atoms with Crippen molar-refractivity contribution in [3.8, 4) is 0 Å². The molecule has 1 fully saturated rings. The summed E-state index contributed by atoms with van der Waals surface area (Å²) in [5.74, 6) is 0.433. The van der Waals surface area contributed by atoms with E-state index in [1.54, 1.807) is 29.1 Å². The maximum absolute atomic E-state index is 12.6. The van der Waals surface area contributed by atoms with Gasteiger partial charge in [-0.25, -0.2) is 14.8 Å². The fourth-order valence-corrected chi connectivity index (χ4v) is 3.49. The molecule has 0 saturated carbocycles. The van der Waals surface area contributed by atoms with Gasteiger partial charge in [0, 0.05) is 45.1 Å². The van der Waals surface area contributed by atoms with Gasteiger partial charge in [-0.1, -0.05) is 11.6 Å². The minimum Gasteiger partial charge on any atom is -0.450 e. The molecule has 3 rings (SSSR count). The number of nitrogens with zero attached hydrogens (tertiary/aromatic N) is 4. The summed E-state index contributed by atoms with van der Waals surface area (Å²) in [6, 6.07) is 0. The second-order valence-corrected chi connectivity index (χ2v) is 7.06. The van der Waals surface area contributed by atoms with Crippen LogP contribution in [0.2, 0.25) is 0 Å². The predicted octanol–water partition coefficient (Wildman–Crippen LogP) is 2.69. The molecule has 0 spiro atoms. The van der Waals surface area contributed by atoms with Crippen LogP contribution in [0.25, 0.3) is 0 Å². The highest BCUT2D eigenvalue weighted by Crippen LogP contribution is 2.19. The van der Waals surface area contributed by atoms with Gasteiger partial charge in [0.25, 0.3) is 5.91 Å². The van der Waals surface area contributed by atoms with E-state index in [9.17, 15) is 9.59 Å².